The molecule has 0 bridgehead atoms. The van der Waals surface area contributed by atoms with Crippen molar-refractivity contribution in [3.8, 4) is 5.75 Å². The lowest BCUT2D eigenvalue weighted by molar-refractivity contribution is -0.122. The van der Waals surface area contributed by atoms with Crippen molar-refractivity contribution in [1.82, 2.24) is 10.2 Å². The lowest BCUT2D eigenvalue weighted by Gasteiger charge is -2.22. The first-order chi connectivity index (χ1) is 11.9. The first-order valence-electron chi connectivity index (χ1n) is 8.50. The fourth-order valence-electron chi connectivity index (χ4n) is 3.39. The molecule has 0 unspecified atom stereocenters. The van der Waals surface area contributed by atoms with E-state index >= 15 is 0 Å². The molecule has 1 saturated heterocycles. The van der Waals surface area contributed by atoms with Crippen molar-refractivity contribution in [1.29, 1.82) is 0 Å². The Morgan fingerprint density at radius 2 is 2.12 bits per heavy atom. The van der Waals surface area contributed by atoms with Crippen molar-refractivity contribution >= 4 is 5.91 Å². The van der Waals surface area contributed by atoms with E-state index in [9.17, 15) is 13.6 Å². The van der Waals surface area contributed by atoms with E-state index in [2.05, 4.69) is 19.2 Å². The maximum Gasteiger partial charge on any atom is 0.222 e. The molecular weight excluding hydrogens is 330 g/mol. The van der Waals surface area contributed by atoms with Crippen LogP contribution in [0.2, 0.25) is 0 Å². The van der Waals surface area contributed by atoms with E-state index < -0.39 is 11.6 Å². The monoisotopic (exact) mass is 356 g/mol. The summed E-state index contributed by atoms with van der Waals surface area (Å²) in [5.74, 6) is -1.16. The van der Waals surface area contributed by atoms with Crippen LogP contribution in [-0.2, 0) is 11.3 Å². The SMILES string of the molecule is COc1ccc(F)c(F)c1CN1C[C@@H](NC(=O)CCO)[C@H](C(C)C)C1. The van der Waals surface area contributed by atoms with Crippen LogP contribution in [0.4, 0.5) is 8.78 Å². The zero-order valence-corrected chi connectivity index (χ0v) is 14.9. The molecule has 5 nitrogen and oxygen atoms in total. The molecule has 1 aliphatic rings. The van der Waals surface area contributed by atoms with Crippen molar-refractivity contribution in [2.45, 2.75) is 32.9 Å². The van der Waals surface area contributed by atoms with E-state index in [1.807, 2.05) is 4.90 Å². The minimum absolute atomic E-state index is 0.0632. The molecule has 25 heavy (non-hydrogen) atoms. The molecule has 1 aliphatic heterocycles. The molecule has 1 fully saturated rings. The Balaban J connectivity index is 2.14. The van der Waals surface area contributed by atoms with Crippen molar-refractivity contribution in [3.05, 3.63) is 29.3 Å². The molecule has 2 atom stereocenters. The van der Waals surface area contributed by atoms with Gasteiger partial charge in [-0.3, -0.25) is 9.69 Å². The number of methoxy groups -OCH3 is 1. The molecule has 0 aromatic heterocycles. The summed E-state index contributed by atoms with van der Waals surface area (Å²) < 4.78 is 32.9. The molecule has 0 saturated carbocycles. The maximum atomic E-state index is 14.2. The number of amides is 1. The van der Waals surface area contributed by atoms with Crippen molar-refractivity contribution in [2.75, 3.05) is 26.8 Å². The number of nitrogens with zero attached hydrogens (tertiary/aromatic N) is 1. The van der Waals surface area contributed by atoms with E-state index in [1.54, 1.807) is 0 Å². The van der Waals surface area contributed by atoms with Gasteiger partial charge in [-0.2, -0.15) is 0 Å². The number of carbonyl (C=O) groups excluding carboxylic acids is 1. The Morgan fingerprint density at radius 1 is 1.40 bits per heavy atom. The van der Waals surface area contributed by atoms with Gasteiger partial charge in [0.15, 0.2) is 11.6 Å². The highest BCUT2D eigenvalue weighted by atomic mass is 19.2. The topological polar surface area (TPSA) is 61.8 Å². The smallest absolute Gasteiger partial charge is 0.222 e. The molecule has 1 heterocycles. The van der Waals surface area contributed by atoms with E-state index in [4.69, 9.17) is 9.84 Å². The van der Waals surface area contributed by atoms with Crippen molar-refractivity contribution in [3.63, 3.8) is 0 Å². The van der Waals surface area contributed by atoms with E-state index in [-0.39, 0.29) is 43.0 Å². The molecule has 0 radical (unpaired) electrons. The Bertz CT molecular complexity index is 610. The number of carbonyl (C=O) groups is 1. The zero-order chi connectivity index (χ0) is 18.6. The van der Waals surface area contributed by atoms with Crippen molar-refractivity contribution < 1.29 is 23.4 Å². The molecule has 1 aromatic carbocycles. The lowest BCUT2D eigenvalue weighted by Crippen LogP contribution is -2.42. The standard InChI is InChI=1S/C18H26F2N2O3/c1-11(2)12-8-22(10-15(12)21-17(24)6-7-23)9-13-16(25-3)5-4-14(19)18(13)20/h4-5,11-12,15,23H,6-10H2,1-3H3,(H,21,24)/t12-,15+/m0/s1. The summed E-state index contributed by atoms with van der Waals surface area (Å²) in [5.41, 5.74) is 0.187. The Kier molecular flexibility index (Phi) is 6.72. The van der Waals surface area contributed by atoms with E-state index in [0.717, 1.165) is 6.07 Å². The third kappa shape index (κ3) is 4.67. The Hall–Kier alpha value is -1.73. The van der Waals surface area contributed by atoms with Crippen LogP contribution in [0, 0.1) is 23.5 Å². The third-order valence-corrected chi connectivity index (χ3v) is 4.74. The van der Waals surface area contributed by atoms with Crippen LogP contribution in [0.1, 0.15) is 25.8 Å². The summed E-state index contributed by atoms with van der Waals surface area (Å²) in [7, 11) is 1.43. The second-order valence-corrected chi connectivity index (χ2v) is 6.79. The van der Waals surface area contributed by atoms with Crippen LogP contribution in [0.5, 0.6) is 5.75 Å². The number of ether oxygens (including phenoxy) is 1. The third-order valence-electron chi connectivity index (χ3n) is 4.74. The number of rotatable bonds is 7. The van der Waals surface area contributed by atoms with Gasteiger partial charge < -0.3 is 15.2 Å². The molecule has 7 heteroatoms. The number of nitrogens with one attached hydrogen (secondary N) is 1. The van der Waals surface area contributed by atoms with Gasteiger partial charge in [-0.15, -0.1) is 0 Å². The summed E-state index contributed by atoms with van der Waals surface area (Å²) in [6, 6.07) is 2.39. The van der Waals surface area contributed by atoms with Gasteiger partial charge in [0.25, 0.3) is 0 Å². The fourth-order valence-corrected chi connectivity index (χ4v) is 3.39. The van der Waals surface area contributed by atoms with Gasteiger partial charge in [0.05, 0.1) is 13.7 Å². The average Bonchev–Trinajstić information content (AvgIpc) is 2.95. The van der Waals surface area contributed by atoms with Crippen LogP contribution >= 0.6 is 0 Å². The van der Waals surface area contributed by atoms with Crippen molar-refractivity contribution in [2.24, 2.45) is 11.8 Å². The lowest BCUT2D eigenvalue weighted by atomic mass is 9.91. The largest absolute Gasteiger partial charge is 0.496 e. The van der Waals surface area contributed by atoms with Crippen LogP contribution in [0.15, 0.2) is 12.1 Å². The summed E-state index contributed by atoms with van der Waals surface area (Å²) in [6.45, 7) is 5.37. The Morgan fingerprint density at radius 3 is 2.72 bits per heavy atom. The number of hydrogen-bond donors (Lipinski definition) is 2. The predicted octanol–water partition coefficient (Wildman–Crippen LogP) is 1.93. The minimum atomic E-state index is -0.900. The number of aliphatic hydroxyl groups is 1. The number of halogens is 2. The fraction of sp³-hybridized carbons (Fsp3) is 0.611. The average molecular weight is 356 g/mol. The van der Waals surface area contributed by atoms with Gasteiger partial charge in [-0.25, -0.2) is 8.78 Å². The molecule has 140 valence electrons. The van der Waals surface area contributed by atoms with Crippen LogP contribution in [-0.4, -0.2) is 48.8 Å². The van der Waals surface area contributed by atoms with Gasteiger partial charge in [0.2, 0.25) is 5.91 Å². The molecule has 0 aliphatic carbocycles. The highest BCUT2D eigenvalue weighted by Crippen LogP contribution is 2.30. The second-order valence-electron chi connectivity index (χ2n) is 6.79. The first-order valence-corrected chi connectivity index (χ1v) is 8.50. The maximum absolute atomic E-state index is 14.2. The number of likely N-dealkylation sites (tertiary alicyclic amines) is 1. The highest BCUT2D eigenvalue weighted by molar-refractivity contribution is 5.76. The molecule has 1 amide bonds. The number of aliphatic hydroxyl groups excluding tert-OH is 1. The van der Waals surface area contributed by atoms with Gasteiger partial charge in [0, 0.05) is 37.7 Å². The van der Waals surface area contributed by atoms with Gasteiger partial charge in [0.1, 0.15) is 5.75 Å². The van der Waals surface area contributed by atoms with E-state index in [1.165, 1.54) is 13.2 Å². The highest BCUT2D eigenvalue weighted by Gasteiger charge is 2.36. The number of hydrogen-bond acceptors (Lipinski definition) is 4. The summed E-state index contributed by atoms with van der Waals surface area (Å²) in [5, 5.41) is 11.8. The molecule has 2 rings (SSSR count). The summed E-state index contributed by atoms with van der Waals surface area (Å²) >= 11 is 0. The Labute approximate surface area is 147 Å². The van der Waals surface area contributed by atoms with Crippen LogP contribution < -0.4 is 10.1 Å². The molecular formula is C18H26F2N2O3. The first kappa shape index (κ1) is 19.6. The number of benzene rings is 1. The zero-order valence-electron chi connectivity index (χ0n) is 14.9. The molecule has 1 aromatic rings. The van der Waals surface area contributed by atoms with E-state index in [0.29, 0.717) is 24.8 Å². The van der Waals surface area contributed by atoms with Crippen LogP contribution in [0.3, 0.4) is 0 Å². The van der Waals surface area contributed by atoms with Gasteiger partial charge >= 0.3 is 0 Å². The van der Waals surface area contributed by atoms with Gasteiger partial charge in [-0.05, 0) is 24.0 Å². The summed E-state index contributed by atoms with van der Waals surface area (Å²) in [6.07, 6.45) is 0.0632. The molecule has 0 spiro atoms. The quantitative estimate of drug-likeness (QED) is 0.784. The summed E-state index contributed by atoms with van der Waals surface area (Å²) in [4.78, 5) is 13.8. The molecule has 2 N–H and O–H groups in total. The van der Waals surface area contributed by atoms with Crippen LogP contribution in [0.25, 0.3) is 0 Å². The predicted molar refractivity (Wildman–Crippen MR) is 90.1 cm³/mol. The minimum Gasteiger partial charge on any atom is -0.496 e. The van der Waals surface area contributed by atoms with Gasteiger partial charge in [-0.1, -0.05) is 13.8 Å². The normalized spacial score (nSPS) is 20.9. The second kappa shape index (κ2) is 8.58.